The lowest BCUT2D eigenvalue weighted by Gasteiger charge is -2.34. The van der Waals surface area contributed by atoms with Gasteiger partial charge in [-0.2, -0.15) is 0 Å². The van der Waals surface area contributed by atoms with Crippen molar-refractivity contribution in [1.29, 1.82) is 0 Å². The molecular formula is C34H35Cl2N3O4S. The summed E-state index contributed by atoms with van der Waals surface area (Å²) in [6, 6.07) is 29.7. The Hall–Kier alpha value is -3.85. The SMILES string of the molecule is CCCCNC(=O)[C@H](Cc1ccccc1)N(Cc1ccc(Cl)cc1)C(=O)CN(c1cccc(Cl)c1)S(=O)(=O)c1ccccc1. The summed E-state index contributed by atoms with van der Waals surface area (Å²) in [6.07, 6.45) is 1.91. The van der Waals surface area contributed by atoms with Crippen LogP contribution in [0.25, 0.3) is 0 Å². The molecule has 0 aliphatic carbocycles. The van der Waals surface area contributed by atoms with Crippen LogP contribution in [0.1, 0.15) is 30.9 Å². The van der Waals surface area contributed by atoms with Gasteiger partial charge in [-0.05, 0) is 60.0 Å². The maximum atomic E-state index is 14.4. The number of nitrogens with zero attached hydrogens (tertiary/aromatic N) is 2. The molecule has 4 aromatic carbocycles. The molecule has 0 saturated carbocycles. The Labute approximate surface area is 269 Å². The highest BCUT2D eigenvalue weighted by atomic mass is 35.5. The number of amides is 2. The molecular weight excluding hydrogens is 617 g/mol. The largest absolute Gasteiger partial charge is 0.354 e. The van der Waals surface area contributed by atoms with Gasteiger partial charge in [0.05, 0.1) is 10.6 Å². The molecule has 0 radical (unpaired) electrons. The number of halogens is 2. The monoisotopic (exact) mass is 651 g/mol. The molecule has 0 aliphatic rings. The van der Waals surface area contributed by atoms with E-state index in [1.54, 1.807) is 60.7 Å². The van der Waals surface area contributed by atoms with E-state index in [-0.39, 0.29) is 29.5 Å². The zero-order valence-corrected chi connectivity index (χ0v) is 26.7. The average molecular weight is 653 g/mol. The second-order valence-electron chi connectivity index (χ2n) is 10.3. The Bertz CT molecular complexity index is 1640. The second kappa shape index (κ2) is 15.7. The molecule has 0 heterocycles. The van der Waals surface area contributed by atoms with Crippen molar-refractivity contribution < 1.29 is 18.0 Å². The van der Waals surface area contributed by atoms with Gasteiger partial charge in [0.2, 0.25) is 11.8 Å². The third-order valence-electron chi connectivity index (χ3n) is 7.07. The summed E-state index contributed by atoms with van der Waals surface area (Å²) in [4.78, 5) is 29.6. The van der Waals surface area contributed by atoms with Gasteiger partial charge in [-0.25, -0.2) is 8.42 Å². The molecule has 2 amide bonds. The maximum absolute atomic E-state index is 14.4. The third-order valence-corrected chi connectivity index (χ3v) is 9.35. The van der Waals surface area contributed by atoms with Gasteiger partial charge in [0.25, 0.3) is 10.0 Å². The Morgan fingerprint density at radius 2 is 1.45 bits per heavy atom. The van der Waals surface area contributed by atoms with E-state index in [2.05, 4.69) is 5.32 Å². The van der Waals surface area contributed by atoms with E-state index in [9.17, 15) is 18.0 Å². The summed E-state index contributed by atoms with van der Waals surface area (Å²) in [5.74, 6) is -0.865. The van der Waals surface area contributed by atoms with Gasteiger partial charge >= 0.3 is 0 Å². The minimum Gasteiger partial charge on any atom is -0.354 e. The van der Waals surface area contributed by atoms with Crippen LogP contribution in [-0.2, 0) is 32.6 Å². The summed E-state index contributed by atoms with van der Waals surface area (Å²) in [7, 11) is -4.19. The van der Waals surface area contributed by atoms with Crippen LogP contribution in [0.4, 0.5) is 5.69 Å². The second-order valence-corrected chi connectivity index (χ2v) is 13.0. The van der Waals surface area contributed by atoms with E-state index in [1.165, 1.54) is 23.1 Å². The summed E-state index contributed by atoms with van der Waals surface area (Å²) >= 11 is 12.4. The van der Waals surface area contributed by atoms with Gasteiger partial charge in [-0.1, -0.05) is 103 Å². The highest BCUT2D eigenvalue weighted by molar-refractivity contribution is 7.92. The zero-order valence-electron chi connectivity index (χ0n) is 24.4. The molecule has 44 heavy (non-hydrogen) atoms. The van der Waals surface area contributed by atoms with Gasteiger partial charge in [-0.15, -0.1) is 0 Å². The molecule has 4 aromatic rings. The van der Waals surface area contributed by atoms with E-state index in [1.807, 2.05) is 37.3 Å². The van der Waals surface area contributed by atoms with E-state index >= 15 is 0 Å². The fourth-order valence-corrected chi connectivity index (χ4v) is 6.46. The highest BCUT2D eigenvalue weighted by Gasteiger charge is 2.34. The van der Waals surface area contributed by atoms with Crippen molar-refractivity contribution in [3.05, 3.63) is 130 Å². The predicted molar refractivity (Wildman–Crippen MR) is 176 cm³/mol. The first-order chi connectivity index (χ1) is 21.2. The molecule has 7 nitrogen and oxygen atoms in total. The fourth-order valence-electron chi connectivity index (χ4n) is 4.73. The van der Waals surface area contributed by atoms with Crippen LogP contribution < -0.4 is 9.62 Å². The summed E-state index contributed by atoms with van der Waals surface area (Å²) in [5, 5.41) is 3.83. The molecule has 0 aliphatic heterocycles. The van der Waals surface area contributed by atoms with Crippen LogP contribution in [0.3, 0.4) is 0 Å². The minimum absolute atomic E-state index is 0.0233. The van der Waals surface area contributed by atoms with Crippen molar-refractivity contribution in [2.24, 2.45) is 0 Å². The number of carbonyl (C=O) groups excluding carboxylic acids is 2. The van der Waals surface area contributed by atoms with Crippen molar-refractivity contribution in [3.8, 4) is 0 Å². The number of hydrogen-bond donors (Lipinski definition) is 1. The Morgan fingerprint density at radius 3 is 2.09 bits per heavy atom. The van der Waals surface area contributed by atoms with Gasteiger partial charge in [0, 0.05) is 29.6 Å². The van der Waals surface area contributed by atoms with Crippen molar-refractivity contribution in [2.75, 3.05) is 17.4 Å². The van der Waals surface area contributed by atoms with E-state index < -0.39 is 28.5 Å². The number of nitrogens with one attached hydrogen (secondary N) is 1. The van der Waals surface area contributed by atoms with Crippen LogP contribution in [0.5, 0.6) is 0 Å². The average Bonchev–Trinajstić information content (AvgIpc) is 3.03. The predicted octanol–water partition coefficient (Wildman–Crippen LogP) is 6.75. The van der Waals surface area contributed by atoms with Gasteiger partial charge in [0.15, 0.2) is 0 Å². The number of unbranched alkanes of at least 4 members (excludes halogenated alkanes) is 1. The number of hydrogen-bond acceptors (Lipinski definition) is 4. The normalized spacial score (nSPS) is 11.9. The highest BCUT2D eigenvalue weighted by Crippen LogP contribution is 2.27. The standard InChI is InChI=1S/C34H35Cl2N3O4S/c1-2-3-21-37-34(41)32(22-26-11-6-4-7-12-26)38(24-27-17-19-28(35)20-18-27)33(40)25-39(30-14-10-13-29(36)23-30)44(42,43)31-15-8-5-9-16-31/h4-20,23,32H,2-3,21-22,24-25H2,1H3,(H,37,41)/t32-/m0/s1. The van der Waals surface area contributed by atoms with Crippen molar-refractivity contribution in [3.63, 3.8) is 0 Å². The first kappa shape index (κ1) is 33.1. The van der Waals surface area contributed by atoms with Crippen LogP contribution in [-0.4, -0.2) is 44.3 Å². The number of anilines is 1. The number of rotatable bonds is 14. The lowest BCUT2D eigenvalue weighted by molar-refractivity contribution is -0.140. The summed E-state index contributed by atoms with van der Waals surface area (Å²) < 4.78 is 29.0. The first-order valence-electron chi connectivity index (χ1n) is 14.4. The molecule has 4 rings (SSSR count). The first-order valence-corrected chi connectivity index (χ1v) is 16.6. The van der Waals surface area contributed by atoms with E-state index in [4.69, 9.17) is 23.2 Å². The maximum Gasteiger partial charge on any atom is 0.264 e. The molecule has 0 spiro atoms. The van der Waals surface area contributed by atoms with Crippen LogP contribution in [0.15, 0.2) is 114 Å². The molecule has 1 atom stereocenters. The number of benzene rings is 4. The van der Waals surface area contributed by atoms with Crippen molar-refractivity contribution in [2.45, 2.75) is 43.7 Å². The topological polar surface area (TPSA) is 86.8 Å². The van der Waals surface area contributed by atoms with Crippen LogP contribution in [0.2, 0.25) is 10.0 Å². The Balaban J connectivity index is 1.78. The van der Waals surface area contributed by atoms with Gasteiger partial charge in [-0.3, -0.25) is 13.9 Å². The van der Waals surface area contributed by atoms with Crippen molar-refractivity contribution >= 4 is 50.7 Å². The molecule has 10 heteroatoms. The smallest absolute Gasteiger partial charge is 0.264 e. The Kier molecular flexibility index (Phi) is 11.8. The van der Waals surface area contributed by atoms with Crippen LogP contribution >= 0.6 is 23.2 Å². The van der Waals surface area contributed by atoms with Crippen LogP contribution in [0, 0.1) is 0 Å². The molecule has 0 aromatic heterocycles. The number of sulfonamides is 1. The molecule has 0 unspecified atom stereocenters. The lowest BCUT2D eigenvalue weighted by Crippen LogP contribution is -2.53. The molecule has 0 saturated heterocycles. The van der Waals surface area contributed by atoms with Gasteiger partial charge < -0.3 is 10.2 Å². The summed E-state index contributed by atoms with van der Waals surface area (Å²) in [5.41, 5.74) is 1.83. The molecule has 1 N–H and O–H groups in total. The zero-order chi connectivity index (χ0) is 31.5. The third kappa shape index (κ3) is 8.85. The lowest BCUT2D eigenvalue weighted by atomic mass is 10.0. The van der Waals surface area contributed by atoms with Gasteiger partial charge in [0.1, 0.15) is 12.6 Å². The quantitative estimate of drug-likeness (QED) is 0.153. The fraction of sp³-hybridized carbons (Fsp3) is 0.235. The Morgan fingerprint density at radius 1 is 0.795 bits per heavy atom. The summed E-state index contributed by atoms with van der Waals surface area (Å²) in [6.45, 7) is 1.99. The molecule has 230 valence electrons. The number of carbonyl (C=O) groups is 2. The molecule has 0 bridgehead atoms. The van der Waals surface area contributed by atoms with E-state index in [0.29, 0.717) is 16.6 Å². The van der Waals surface area contributed by atoms with E-state index in [0.717, 1.165) is 28.3 Å². The van der Waals surface area contributed by atoms with Crippen molar-refractivity contribution in [1.82, 2.24) is 10.2 Å². The molecule has 0 fully saturated rings. The minimum atomic E-state index is -4.19.